The Morgan fingerprint density at radius 3 is 1.75 bits per heavy atom. The predicted octanol–water partition coefficient (Wildman–Crippen LogP) is 2.34. The van der Waals surface area contributed by atoms with Crippen molar-refractivity contribution in [1.82, 2.24) is 5.43 Å². The molecule has 1 amide bonds. The van der Waals surface area contributed by atoms with Crippen molar-refractivity contribution in [2.75, 3.05) is 0 Å². The van der Waals surface area contributed by atoms with Crippen molar-refractivity contribution >= 4 is 17.9 Å². The number of aliphatic hydroxyl groups excluding tert-OH is 1. The van der Waals surface area contributed by atoms with Crippen LogP contribution in [-0.4, -0.2) is 29.1 Å². The molecular formula is C13H29N2O3Y2-. The quantitative estimate of drug-likeness (QED) is 0.403. The fourth-order valence-corrected chi connectivity index (χ4v) is 0.573. The Hall–Kier alpha value is 0.848. The molecule has 0 aliphatic carbocycles. The summed E-state index contributed by atoms with van der Waals surface area (Å²) in [5, 5.41) is 12.0. The molecule has 0 fully saturated rings. The largest absolute Gasteiger partial charge is 0.393 e. The summed E-state index contributed by atoms with van der Waals surface area (Å²) in [5.41, 5.74) is 2.23. The number of carbonyl (C=O) groups excluding carboxylic acids is 2. The number of ketones is 1. The molecule has 0 saturated heterocycles. The second-order valence-corrected chi connectivity index (χ2v) is 3.39. The molecule has 2 N–H and O–H groups in total. The number of hydrogen-bond donors (Lipinski definition) is 2. The van der Waals surface area contributed by atoms with Crippen molar-refractivity contribution in [3.05, 3.63) is 6.92 Å². The Morgan fingerprint density at radius 1 is 1.35 bits per heavy atom. The maximum atomic E-state index is 9.98. The summed E-state index contributed by atoms with van der Waals surface area (Å²) in [5.74, 6) is -0.224. The fourth-order valence-electron chi connectivity index (χ4n) is 0.573. The molecule has 20 heavy (non-hydrogen) atoms. The van der Waals surface area contributed by atoms with Gasteiger partial charge in [-0.05, 0) is 33.0 Å². The summed E-state index contributed by atoms with van der Waals surface area (Å²) < 4.78 is 0. The van der Waals surface area contributed by atoms with Crippen LogP contribution in [0.25, 0.3) is 0 Å². The van der Waals surface area contributed by atoms with Gasteiger partial charge in [0, 0.05) is 78.6 Å². The maximum absolute atomic E-state index is 9.98. The number of carbonyl (C=O) groups is 2. The molecule has 0 aromatic rings. The number of Topliss-reactive ketones (excluding diaryl/α,β-unsaturated/α-hetero) is 1. The van der Waals surface area contributed by atoms with E-state index < -0.39 is 0 Å². The van der Waals surface area contributed by atoms with Crippen LogP contribution in [0, 0.1) is 6.92 Å². The van der Waals surface area contributed by atoms with E-state index in [9.17, 15) is 9.59 Å². The number of nitrogens with zero attached hydrogens (tertiary/aromatic N) is 1. The van der Waals surface area contributed by atoms with E-state index in [1.165, 1.54) is 20.1 Å². The van der Waals surface area contributed by atoms with Crippen LogP contribution in [-0.2, 0) is 75.0 Å². The SMILES string of the molecule is C.C/C=N\NC(C)=O.CCCC(C)O.[CH2-]C(C)=O.[Y].[Y]. The summed E-state index contributed by atoms with van der Waals surface area (Å²) >= 11 is 0. The second-order valence-electron chi connectivity index (χ2n) is 3.39. The molecule has 0 bridgehead atoms. The Morgan fingerprint density at radius 2 is 1.70 bits per heavy atom. The molecule has 2 radical (unpaired) electrons. The van der Waals surface area contributed by atoms with E-state index in [2.05, 4.69) is 24.4 Å². The van der Waals surface area contributed by atoms with Crippen molar-refractivity contribution in [2.45, 2.75) is 61.0 Å². The van der Waals surface area contributed by atoms with E-state index in [0.29, 0.717) is 0 Å². The van der Waals surface area contributed by atoms with Crippen LogP contribution in [0.5, 0.6) is 0 Å². The van der Waals surface area contributed by atoms with Gasteiger partial charge in [-0.3, -0.25) is 4.79 Å². The van der Waals surface area contributed by atoms with Crippen LogP contribution >= 0.6 is 0 Å². The number of hydrogen-bond acceptors (Lipinski definition) is 4. The molecule has 0 spiro atoms. The van der Waals surface area contributed by atoms with Crippen LogP contribution in [0.1, 0.15) is 54.9 Å². The molecule has 1 unspecified atom stereocenters. The predicted molar refractivity (Wildman–Crippen MR) is 77.3 cm³/mol. The second kappa shape index (κ2) is 32.0. The summed E-state index contributed by atoms with van der Waals surface area (Å²) in [6, 6.07) is 0. The molecule has 0 aromatic heterocycles. The molecular weight excluding hydrogens is 410 g/mol. The average molecular weight is 439 g/mol. The fraction of sp³-hybridized carbons (Fsp3) is 0.692. The van der Waals surface area contributed by atoms with Crippen molar-refractivity contribution in [3.63, 3.8) is 0 Å². The van der Waals surface area contributed by atoms with Gasteiger partial charge in [-0.15, -0.1) is 0 Å². The molecule has 0 saturated carbocycles. The number of aliphatic hydroxyl groups is 1. The van der Waals surface area contributed by atoms with Crippen LogP contribution in [0.3, 0.4) is 0 Å². The van der Waals surface area contributed by atoms with E-state index in [0.717, 1.165) is 12.8 Å². The molecule has 116 valence electrons. The molecule has 1 atom stereocenters. The smallest absolute Gasteiger partial charge is 0.236 e. The number of nitrogens with one attached hydrogen (secondary N) is 1. The van der Waals surface area contributed by atoms with Gasteiger partial charge >= 0.3 is 0 Å². The topological polar surface area (TPSA) is 78.8 Å². The maximum Gasteiger partial charge on any atom is 0.236 e. The van der Waals surface area contributed by atoms with Gasteiger partial charge in [0.25, 0.3) is 0 Å². The third kappa shape index (κ3) is 97.5. The third-order valence-corrected chi connectivity index (χ3v) is 1.06. The van der Waals surface area contributed by atoms with Crippen molar-refractivity contribution in [3.8, 4) is 0 Å². The van der Waals surface area contributed by atoms with Crippen LogP contribution in [0.2, 0.25) is 0 Å². The van der Waals surface area contributed by atoms with Crippen LogP contribution < -0.4 is 5.43 Å². The Labute approximate surface area is 174 Å². The first-order valence-electron chi connectivity index (χ1n) is 5.52. The molecule has 0 aromatic carbocycles. The van der Waals surface area contributed by atoms with Gasteiger partial charge in [0.15, 0.2) is 0 Å². The van der Waals surface area contributed by atoms with E-state index in [1.54, 1.807) is 6.92 Å². The van der Waals surface area contributed by atoms with Gasteiger partial charge in [-0.25, -0.2) is 5.43 Å². The molecule has 0 rings (SSSR count). The van der Waals surface area contributed by atoms with E-state index in [4.69, 9.17) is 5.11 Å². The van der Waals surface area contributed by atoms with E-state index in [1.807, 2.05) is 6.92 Å². The zero-order valence-corrected chi connectivity index (χ0v) is 18.3. The number of hydrazone groups is 1. The van der Waals surface area contributed by atoms with Gasteiger partial charge in [0.1, 0.15) is 0 Å². The van der Waals surface area contributed by atoms with Crippen molar-refractivity contribution in [1.29, 1.82) is 0 Å². The minimum absolute atomic E-state index is 0. The minimum atomic E-state index is -0.141. The molecule has 0 aliphatic heterocycles. The summed E-state index contributed by atoms with van der Waals surface area (Å²) in [4.78, 5) is 19.3. The Kier molecular flexibility index (Phi) is 59.6. The normalized spacial score (nSPS) is 8.90. The van der Waals surface area contributed by atoms with Gasteiger partial charge < -0.3 is 16.8 Å². The standard InChI is InChI=1S/C5H12O.C4H8N2O.C3H5O.CH4.2Y/c1-3-4-5(2)6;1-3-5-6-4(2)7;1-3(2)4;;;/h5-6H,3-4H2,1-2H3;3H,1-2H3,(H,6,7);1H2,2H3;1H4;;/q;;-1;;;/b;5-3-;;;;. The van der Waals surface area contributed by atoms with Crippen molar-refractivity contribution in [2.24, 2.45) is 5.10 Å². The summed E-state index contributed by atoms with van der Waals surface area (Å²) in [7, 11) is 0. The molecule has 0 heterocycles. The average Bonchev–Trinajstić information content (AvgIpc) is 2.14. The summed E-state index contributed by atoms with van der Waals surface area (Å²) in [6.07, 6.45) is 3.42. The van der Waals surface area contributed by atoms with E-state index in [-0.39, 0.29) is 90.6 Å². The monoisotopic (exact) mass is 439 g/mol. The van der Waals surface area contributed by atoms with Gasteiger partial charge in [0.2, 0.25) is 5.91 Å². The summed E-state index contributed by atoms with van der Waals surface area (Å²) in [6.45, 7) is 11.4. The molecule has 7 heteroatoms. The number of amides is 1. The zero-order chi connectivity index (χ0) is 14.3. The minimum Gasteiger partial charge on any atom is -0.393 e. The van der Waals surface area contributed by atoms with Gasteiger partial charge in [0.05, 0.1) is 6.10 Å². The third-order valence-electron chi connectivity index (χ3n) is 1.06. The Bertz CT molecular complexity index is 220. The zero-order valence-electron chi connectivity index (χ0n) is 12.6. The van der Waals surface area contributed by atoms with Gasteiger partial charge in [-0.2, -0.15) is 5.10 Å². The first kappa shape index (κ1) is 37.3. The first-order valence-corrected chi connectivity index (χ1v) is 5.52. The van der Waals surface area contributed by atoms with Crippen molar-refractivity contribution < 1.29 is 80.1 Å². The molecule has 0 aliphatic rings. The van der Waals surface area contributed by atoms with E-state index >= 15 is 0 Å². The molecule has 5 nitrogen and oxygen atoms in total. The van der Waals surface area contributed by atoms with Gasteiger partial charge in [-0.1, -0.05) is 20.8 Å². The first-order chi connectivity index (χ1) is 7.77. The van der Waals surface area contributed by atoms with Crippen LogP contribution in [0.4, 0.5) is 0 Å². The van der Waals surface area contributed by atoms with Crippen LogP contribution in [0.15, 0.2) is 5.10 Å². The number of rotatable bonds is 3. The Balaban J connectivity index is -0.0000000352.